The first-order chi connectivity index (χ1) is 8.31. The van der Waals surface area contributed by atoms with Gasteiger partial charge in [0.15, 0.2) is 0 Å². The molecule has 1 aromatic carbocycles. The van der Waals surface area contributed by atoms with Crippen molar-refractivity contribution < 1.29 is 4.74 Å². The lowest BCUT2D eigenvalue weighted by Gasteiger charge is -2.16. The number of aromatic amines is 1. The second-order valence-corrected chi connectivity index (χ2v) is 4.19. The van der Waals surface area contributed by atoms with Crippen LogP contribution in [0.4, 0.5) is 0 Å². The van der Waals surface area contributed by atoms with E-state index < -0.39 is 0 Å². The molecule has 0 aliphatic heterocycles. The SMILES string of the molecule is CCOCCN(C)Cc1cccc2cn[nH]c12. The van der Waals surface area contributed by atoms with E-state index in [0.717, 1.165) is 31.8 Å². The Morgan fingerprint density at radius 1 is 1.41 bits per heavy atom. The van der Waals surface area contributed by atoms with Crippen molar-refractivity contribution in [2.24, 2.45) is 0 Å². The van der Waals surface area contributed by atoms with Gasteiger partial charge in [-0.15, -0.1) is 0 Å². The zero-order valence-electron chi connectivity index (χ0n) is 10.4. The number of rotatable bonds is 6. The summed E-state index contributed by atoms with van der Waals surface area (Å²) in [4.78, 5) is 2.26. The van der Waals surface area contributed by atoms with Gasteiger partial charge in [0.1, 0.15) is 0 Å². The molecule has 0 spiro atoms. The van der Waals surface area contributed by atoms with Crippen molar-refractivity contribution in [2.45, 2.75) is 13.5 Å². The van der Waals surface area contributed by atoms with Crippen LogP contribution < -0.4 is 0 Å². The number of hydrogen-bond donors (Lipinski definition) is 1. The van der Waals surface area contributed by atoms with Crippen molar-refractivity contribution in [3.63, 3.8) is 0 Å². The largest absolute Gasteiger partial charge is 0.380 e. The summed E-state index contributed by atoms with van der Waals surface area (Å²) in [5.74, 6) is 0. The van der Waals surface area contributed by atoms with Gasteiger partial charge in [0.25, 0.3) is 0 Å². The molecule has 0 unspecified atom stereocenters. The number of likely N-dealkylation sites (N-methyl/N-ethyl adjacent to an activating group) is 1. The minimum absolute atomic E-state index is 0.782. The van der Waals surface area contributed by atoms with Gasteiger partial charge in [-0.05, 0) is 19.5 Å². The average molecular weight is 233 g/mol. The zero-order chi connectivity index (χ0) is 12.1. The summed E-state index contributed by atoms with van der Waals surface area (Å²) < 4.78 is 5.35. The number of para-hydroxylation sites is 1. The molecule has 17 heavy (non-hydrogen) atoms. The maximum absolute atomic E-state index is 5.35. The first kappa shape index (κ1) is 12.1. The van der Waals surface area contributed by atoms with Crippen LogP contribution in [0.5, 0.6) is 0 Å². The molecule has 0 saturated heterocycles. The third-order valence-electron chi connectivity index (χ3n) is 2.82. The molecule has 0 aliphatic rings. The van der Waals surface area contributed by atoms with Gasteiger partial charge in [0.2, 0.25) is 0 Å². The standard InChI is InChI=1S/C13H19N3O/c1-3-17-8-7-16(2)10-12-6-4-5-11-9-14-15-13(11)12/h4-6,9H,3,7-8,10H2,1-2H3,(H,14,15). The molecule has 0 saturated carbocycles. The van der Waals surface area contributed by atoms with Gasteiger partial charge in [0.05, 0.1) is 18.3 Å². The summed E-state index contributed by atoms with van der Waals surface area (Å²) >= 11 is 0. The van der Waals surface area contributed by atoms with E-state index >= 15 is 0 Å². The molecule has 0 bridgehead atoms. The molecule has 0 amide bonds. The number of nitrogens with zero attached hydrogens (tertiary/aromatic N) is 2. The molecule has 1 aromatic heterocycles. The highest BCUT2D eigenvalue weighted by Crippen LogP contribution is 2.16. The fourth-order valence-corrected chi connectivity index (χ4v) is 1.90. The highest BCUT2D eigenvalue weighted by atomic mass is 16.5. The van der Waals surface area contributed by atoms with Crippen LogP contribution in [0.3, 0.4) is 0 Å². The third-order valence-corrected chi connectivity index (χ3v) is 2.82. The van der Waals surface area contributed by atoms with Gasteiger partial charge in [-0.1, -0.05) is 18.2 Å². The number of H-pyrrole nitrogens is 1. The van der Waals surface area contributed by atoms with E-state index in [1.165, 1.54) is 10.9 Å². The van der Waals surface area contributed by atoms with Crippen LogP contribution in [0.2, 0.25) is 0 Å². The molecular formula is C13H19N3O. The van der Waals surface area contributed by atoms with Crippen molar-refractivity contribution in [2.75, 3.05) is 26.8 Å². The van der Waals surface area contributed by atoms with Crippen LogP contribution in [0.25, 0.3) is 10.9 Å². The maximum Gasteiger partial charge on any atom is 0.0695 e. The second kappa shape index (κ2) is 5.80. The van der Waals surface area contributed by atoms with E-state index in [1.807, 2.05) is 13.1 Å². The highest BCUT2D eigenvalue weighted by molar-refractivity contribution is 5.81. The summed E-state index contributed by atoms with van der Waals surface area (Å²) in [7, 11) is 2.11. The number of aromatic nitrogens is 2. The van der Waals surface area contributed by atoms with Gasteiger partial charge in [-0.2, -0.15) is 5.10 Å². The molecule has 1 N–H and O–H groups in total. The Hall–Kier alpha value is -1.39. The lowest BCUT2D eigenvalue weighted by Crippen LogP contribution is -2.22. The summed E-state index contributed by atoms with van der Waals surface area (Å²) in [5, 5.41) is 8.30. The Kier molecular flexibility index (Phi) is 4.12. The molecule has 92 valence electrons. The molecular weight excluding hydrogens is 214 g/mol. The number of nitrogens with one attached hydrogen (secondary N) is 1. The molecule has 2 aromatic rings. The molecule has 4 heteroatoms. The van der Waals surface area contributed by atoms with Gasteiger partial charge < -0.3 is 4.74 Å². The van der Waals surface area contributed by atoms with E-state index in [0.29, 0.717) is 0 Å². The van der Waals surface area contributed by atoms with E-state index in [1.54, 1.807) is 0 Å². The van der Waals surface area contributed by atoms with Crippen molar-refractivity contribution >= 4 is 10.9 Å². The van der Waals surface area contributed by atoms with Crippen LogP contribution >= 0.6 is 0 Å². The monoisotopic (exact) mass is 233 g/mol. The molecule has 0 radical (unpaired) electrons. The van der Waals surface area contributed by atoms with Crippen molar-refractivity contribution in [3.05, 3.63) is 30.0 Å². The Labute approximate surface area is 102 Å². The number of fused-ring (bicyclic) bond motifs is 1. The Morgan fingerprint density at radius 2 is 2.29 bits per heavy atom. The Balaban J connectivity index is 2.00. The minimum atomic E-state index is 0.782. The van der Waals surface area contributed by atoms with Crippen molar-refractivity contribution in [1.29, 1.82) is 0 Å². The van der Waals surface area contributed by atoms with Crippen LogP contribution in [0.15, 0.2) is 24.4 Å². The van der Waals surface area contributed by atoms with E-state index in [2.05, 4.69) is 40.3 Å². The topological polar surface area (TPSA) is 41.1 Å². The molecule has 1 heterocycles. The average Bonchev–Trinajstić information content (AvgIpc) is 2.78. The minimum Gasteiger partial charge on any atom is -0.380 e. The fourth-order valence-electron chi connectivity index (χ4n) is 1.90. The van der Waals surface area contributed by atoms with Crippen LogP contribution in [0.1, 0.15) is 12.5 Å². The van der Waals surface area contributed by atoms with Gasteiger partial charge in [-0.25, -0.2) is 0 Å². The number of benzene rings is 1. The molecule has 0 aliphatic carbocycles. The smallest absolute Gasteiger partial charge is 0.0695 e. The zero-order valence-corrected chi connectivity index (χ0v) is 10.4. The van der Waals surface area contributed by atoms with E-state index in [4.69, 9.17) is 4.74 Å². The Morgan fingerprint density at radius 3 is 3.12 bits per heavy atom. The molecule has 0 atom stereocenters. The quantitative estimate of drug-likeness (QED) is 0.776. The van der Waals surface area contributed by atoms with E-state index in [-0.39, 0.29) is 0 Å². The molecule has 0 fully saturated rings. The summed E-state index contributed by atoms with van der Waals surface area (Å²) in [6, 6.07) is 6.28. The maximum atomic E-state index is 5.35. The fraction of sp³-hybridized carbons (Fsp3) is 0.462. The molecule has 4 nitrogen and oxygen atoms in total. The van der Waals surface area contributed by atoms with Crippen molar-refractivity contribution in [3.8, 4) is 0 Å². The predicted molar refractivity (Wildman–Crippen MR) is 68.9 cm³/mol. The second-order valence-electron chi connectivity index (χ2n) is 4.19. The summed E-state index contributed by atoms with van der Waals surface area (Å²) in [6.07, 6.45) is 1.86. The lowest BCUT2D eigenvalue weighted by atomic mass is 10.1. The number of hydrogen-bond acceptors (Lipinski definition) is 3. The van der Waals surface area contributed by atoms with Crippen LogP contribution in [-0.2, 0) is 11.3 Å². The van der Waals surface area contributed by atoms with Crippen LogP contribution in [-0.4, -0.2) is 41.9 Å². The Bertz CT molecular complexity index is 466. The summed E-state index contributed by atoms with van der Waals surface area (Å²) in [6.45, 7) is 5.44. The first-order valence-corrected chi connectivity index (χ1v) is 5.98. The molecule has 2 rings (SSSR count). The highest BCUT2D eigenvalue weighted by Gasteiger charge is 2.05. The van der Waals surface area contributed by atoms with Gasteiger partial charge in [0, 0.05) is 25.1 Å². The van der Waals surface area contributed by atoms with Gasteiger partial charge >= 0.3 is 0 Å². The van der Waals surface area contributed by atoms with Crippen molar-refractivity contribution in [1.82, 2.24) is 15.1 Å². The third kappa shape index (κ3) is 3.05. The van der Waals surface area contributed by atoms with Crippen LogP contribution in [0, 0.1) is 0 Å². The van der Waals surface area contributed by atoms with E-state index in [9.17, 15) is 0 Å². The number of ether oxygens (including phenoxy) is 1. The lowest BCUT2D eigenvalue weighted by molar-refractivity contribution is 0.120. The predicted octanol–water partition coefficient (Wildman–Crippen LogP) is 2.03. The first-order valence-electron chi connectivity index (χ1n) is 5.98. The normalized spacial score (nSPS) is 11.5. The summed E-state index contributed by atoms with van der Waals surface area (Å²) in [5.41, 5.74) is 2.41. The van der Waals surface area contributed by atoms with Gasteiger partial charge in [-0.3, -0.25) is 10.00 Å².